The minimum atomic E-state index is -0.165. The number of nitrogens with zero attached hydrogens (tertiary/aromatic N) is 3. The second-order valence-corrected chi connectivity index (χ2v) is 16.8. The summed E-state index contributed by atoms with van der Waals surface area (Å²) >= 11 is 0. The molecule has 0 unspecified atom stereocenters. The van der Waals surface area contributed by atoms with Crippen LogP contribution in [0.25, 0.3) is 56.0 Å². The van der Waals surface area contributed by atoms with Crippen molar-refractivity contribution in [2.75, 3.05) is 6.54 Å². The van der Waals surface area contributed by atoms with Crippen LogP contribution in [0.15, 0.2) is 128 Å². The van der Waals surface area contributed by atoms with Crippen LogP contribution < -0.4 is 16.8 Å². The van der Waals surface area contributed by atoms with E-state index in [0.717, 1.165) is 108 Å². The van der Waals surface area contributed by atoms with Gasteiger partial charge in [-0.2, -0.15) is 5.10 Å². The Labute approximate surface area is 345 Å². The summed E-state index contributed by atoms with van der Waals surface area (Å²) in [7, 11) is 0. The van der Waals surface area contributed by atoms with E-state index in [1.54, 1.807) is 0 Å². The number of carbonyl (C=O) groups excluding carboxylic acids is 1. The van der Waals surface area contributed by atoms with Crippen LogP contribution in [-0.2, 0) is 30.3 Å². The molecule has 0 atom stereocenters. The van der Waals surface area contributed by atoms with Crippen LogP contribution in [0.4, 0.5) is 0 Å². The second-order valence-electron chi connectivity index (χ2n) is 16.8. The number of aromatic amines is 1. The quantitative estimate of drug-likeness (QED) is 0.133. The molecule has 4 aliphatic rings. The topological polar surface area (TPSA) is 136 Å². The summed E-state index contributed by atoms with van der Waals surface area (Å²) in [5, 5.41) is 10.5. The number of carbonyl (C=O) groups is 1. The fourth-order valence-electron chi connectivity index (χ4n) is 9.20. The Bertz CT molecular complexity index is 2640. The number of rotatable bonds is 6. The summed E-state index contributed by atoms with van der Waals surface area (Å²) in [6.45, 7) is 0.636. The van der Waals surface area contributed by atoms with Crippen LogP contribution >= 0.6 is 0 Å². The molecule has 0 radical (unpaired) electrons. The molecule has 0 bridgehead atoms. The summed E-state index contributed by atoms with van der Waals surface area (Å²) in [5.41, 5.74) is 30.0. The fourth-order valence-corrected chi connectivity index (χ4v) is 9.20. The van der Waals surface area contributed by atoms with Gasteiger partial charge in [0, 0.05) is 51.9 Å². The van der Waals surface area contributed by atoms with Crippen molar-refractivity contribution in [3.8, 4) is 56.0 Å². The number of hydrogen-bond donors (Lipinski definition) is 4. The number of aryl methyl sites for hydroxylation is 2. The van der Waals surface area contributed by atoms with Gasteiger partial charge in [-0.25, -0.2) is 0 Å². The summed E-state index contributed by atoms with van der Waals surface area (Å²) in [5.74, 6) is -0.0390. The first-order valence-electron chi connectivity index (χ1n) is 21.1. The lowest BCUT2D eigenvalue weighted by Gasteiger charge is -2.38. The van der Waals surface area contributed by atoms with Gasteiger partial charge in [-0.05, 0) is 97.7 Å². The Morgan fingerprint density at radius 1 is 0.525 bits per heavy atom. The van der Waals surface area contributed by atoms with E-state index in [0.29, 0.717) is 12.1 Å². The molecule has 8 nitrogen and oxygen atoms in total. The molecule has 4 aromatic carbocycles. The predicted octanol–water partition coefficient (Wildman–Crippen LogP) is 9.67. The fraction of sp³-hybridized carbons (Fsp3) is 0.255. The third-order valence-corrected chi connectivity index (χ3v) is 13.1. The molecule has 8 heteroatoms. The van der Waals surface area contributed by atoms with Crippen LogP contribution in [-0.4, -0.2) is 32.6 Å². The zero-order valence-electron chi connectivity index (χ0n) is 33.3. The second kappa shape index (κ2) is 15.2. The van der Waals surface area contributed by atoms with Crippen LogP contribution in [0.5, 0.6) is 0 Å². The smallest absolute Gasteiger partial charge is 0.253 e. The van der Waals surface area contributed by atoms with E-state index in [2.05, 4.69) is 113 Å². The molecule has 4 heterocycles. The van der Waals surface area contributed by atoms with Crippen molar-refractivity contribution < 1.29 is 4.79 Å². The standard InChI is InChI=1S/C27H26N4.C24H23N3O/c28-27(14-5-15-27)21-12-10-19(11-13-21)25-22(18-6-2-1-3-7-18)16-23-24(30-25)9-4-8-20-17-29-31-26(20)23;25-24(12-4-13-24)18-9-7-17(8-10-18)22-19(16-5-2-1-3-6-16)15-20-21(27-22)11-14-26-23(20)28/h1-3,6-7,10-13,16-17H,4-5,8-9,14-15,28H2,(H,29,31);1-3,5-10,15H,4,11-14,25H2,(H,26,28). The average Bonchev–Trinajstić information content (AvgIpc) is 3.66. The number of nitrogens with one attached hydrogen (secondary N) is 2. The average molecular weight is 776 g/mol. The number of aromatic nitrogens is 4. The molecule has 2 saturated carbocycles. The highest BCUT2D eigenvalue weighted by molar-refractivity contribution is 5.99. The van der Waals surface area contributed by atoms with Crippen LogP contribution in [0, 0.1) is 0 Å². The normalized spacial score (nSPS) is 17.0. The molecule has 3 aliphatic carbocycles. The Kier molecular flexibility index (Phi) is 9.54. The van der Waals surface area contributed by atoms with Gasteiger partial charge in [0.05, 0.1) is 40.2 Å². The lowest BCUT2D eigenvalue weighted by molar-refractivity contribution is 0.0945. The molecule has 1 aliphatic heterocycles. The van der Waals surface area contributed by atoms with E-state index < -0.39 is 0 Å². The molecule has 59 heavy (non-hydrogen) atoms. The van der Waals surface area contributed by atoms with Crippen molar-refractivity contribution in [1.29, 1.82) is 0 Å². The summed E-state index contributed by atoms with van der Waals surface area (Å²) in [6.07, 6.45) is 12.5. The van der Waals surface area contributed by atoms with Crippen molar-refractivity contribution >= 4 is 5.91 Å². The maximum atomic E-state index is 12.3. The Balaban J connectivity index is 0.000000143. The lowest BCUT2D eigenvalue weighted by atomic mass is 9.72. The number of benzene rings is 4. The van der Waals surface area contributed by atoms with Gasteiger partial charge in [0.2, 0.25) is 0 Å². The molecule has 2 fully saturated rings. The third kappa shape index (κ3) is 6.96. The van der Waals surface area contributed by atoms with Gasteiger partial charge in [0.25, 0.3) is 5.91 Å². The minimum absolute atomic E-state index is 0.0390. The predicted molar refractivity (Wildman–Crippen MR) is 235 cm³/mol. The number of fused-ring (bicyclic) bond motifs is 4. The Morgan fingerprint density at radius 3 is 1.54 bits per heavy atom. The van der Waals surface area contributed by atoms with Crippen LogP contribution in [0.2, 0.25) is 0 Å². The van der Waals surface area contributed by atoms with E-state index in [1.165, 1.54) is 40.7 Å². The van der Waals surface area contributed by atoms with Gasteiger partial charge in [0.15, 0.2) is 0 Å². The SMILES string of the molecule is NC1(c2ccc(-c3nc4c(cc3-c3ccccc3)-c3[nH]ncc3CCC4)cc2)CCC1.NC1(c2ccc(-c3nc4c(cc3-c3ccccc3)C(=O)NCC4)cc2)CCC1. The van der Waals surface area contributed by atoms with Gasteiger partial charge in [-0.15, -0.1) is 0 Å². The van der Waals surface area contributed by atoms with Crippen molar-refractivity contribution in [1.82, 2.24) is 25.5 Å². The molecule has 0 spiro atoms. The summed E-state index contributed by atoms with van der Waals surface area (Å²) in [4.78, 5) is 22.5. The molecular weight excluding hydrogens is 727 g/mol. The summed E-state index contributed by atoms with van der Waals surface area (Å²) in [6, 6.07) is 42.3. The first-order chi connectivity index (χ1) is 28.9. The molecule has 294 valence electrons. The van der Waals surface area contributed by atoms with Gasteiger partial charge in [0.1, 0.15) is 0 Å². The van der Waals surface area contributed by atoms with Crippen molar-refractivity contribution in [3.63, 3.8) is 0 Å². The molecule has 1 amide bonds. The zero-order chi connectivity index (χ0) is 40.0. The first kappa shape index (κ1) is 37.1. The molecule has 3 aromatic heterocycles. The van der Waals surface area contributed by atoms with E-state index >= 15 is 0 Å². The molecular formula is C51H49N7O. The largest absolute Gasteiger partial charge is 0.352 e. The number of nitrogens with two attached hydrogens (primary N) is 2. The highest BCUT2D eigenvalue weighted by Gasteiger charge is 2.35. The molecule has 6 N–H and O–H groups in total. The van der Waals surface area contributed by atoms with E-state index in [9.17, 15) is 4.79 Å². The Hall–Kier alpha value is -6.22. The molecule has 11 rings (SSSR count). The van der Waals surface area contributed by atoms with Crippen LogP contribution in [0.3, 0.4) is 0 Å². The van der Waals surface area contributed by atoms with Gasteiger partial charge in [-0.1, -0.05) is 109 Å². The van der Waals surface area contributed by atoms with E-state index in [1.807, 2.05) is 30.5 Å². The van der Waals surface area contributed by atoms with Gasteiger partial charge in [-0.3, -0.25) is 19.9 Å². The van der Waals surface area contributed by atoms with E-state index in [-0.39, 0.29) is 17.0 Å². The number of hydrogen-bond acceptors (Lipinski definition) is 6. The summed E-state index contributed by atoms with van der Waals surface area (Å²) < 4.78 is 0. The number of amides is 1. The van der Waals surface area contributed by atoms with Gasteiger partial charge < -0.3 is 16.8 Å². The maximum absolute atomic E-state index is 12.3. The maximum Gasteiger partial charge on any atom is 0.253 e. The number of pyridine rings is 2. The highest BCUT2D eigenvalue weighted by Crippen LogP contribution is 2.43. The molecule has 7 aromatic rings. The Morgan fingerprint density at radius 2 is 1.03 bits per heavy atom. The highest BCUT2D eigenvalue weighted by atomic mass is 16.1. The zero-order valence-corrected chi connectivity index (χ0v) is 33.3. The minimum Gasteiger partial charge on any atom is -0.352 e. The lowest BCUT2D eigenvalue weighted by Crippen LogP contribution is -2.43. The van der Waals surface area contributed by atoms with Crippen LogP contribution in [0.1, 0.15) is 83.4 Å². The first-order valence-corrected chi connectivity index (χ1v) is 21.1. The van der Waals surface area contributed by atoms with Crippen molar-refractivity contribution in [2.45, 2.75) is 75.3 Å². The number of H-pyrrole nitrogens is 1. The molecule has 0 saturated heterocycles. The monoisotopic (exact) mass is 775 g/mol. The van der Waals surface area contributed by atoms with Crippen molar-refractivity contribution in [3.05, 3.63) is 161 Å². The van der Waals surface area contributed by atoms with Gasteiger partial charge >= 0.3 is 0 Å². The van der Waals surface area contributed by atoms with Crippen molar-refractivity contribution in [2.24, 2.45) is 11.5 Å². The third-order valence-electron chi connectivity index (χ3n) is 13.1. The van der Waals surface area contributed by atoms with E-state index in [4.69, 9.17) is 21.4 Å².